The molecule has 0 fully saturated rings. The summed E-state index contributed by atoms with van der Waals surface area (Å²) >= 11 is 7.96. The smallest absolute Gasteiger partial charge is 1.00 e. The minimum absolute atomic E-state index is 0. The maximum atomic E-state index is 13.8. The van der Waals surface area contributed by atoms with Crippen LogP contribution in [0.1, 0.15) is 19.5 Å². The Hall–Kier alpha value is 1.50. The minimum atomic E-state index is -5.58. The number of rotatable bonds is 7. The third-order valence-corrected chi connectivity index (χ3v) is 6.51. The number of hydrogen-bond donors (Lipinski definition) is 2. The van der Waals surface area contributed by atoms with E-state index in [0.717, 1.165) is 27.4 Å². The fourth-order valence-electron chi connectivity index (χ4n) is 2.05. The van der Waals surface area contributed by atoms with Gasteiger partial charge in [0.25, 0.3) is 0 Å². The third-order valence-electron chi connectivity index (χ3n) is 3.39. The van der Waals surface area contributed by atoms with Crippen molar-refractivity contribution in [2.45, 2.75) is 11.4 Å². The largest absolute Gasteiger partial charge is 1.00 e. The number of halogens is 4. The average molecular weight is 576 g/mol. The normalized spacial score (nSPS) is 11.8. The summed E-state index contributed by atoms with van der Waals surface area (Å²) in [5, 5.41) is 0. The first-order valence-electron chi connectivity index (χ1n) is 7.33. The third kappa shape index (κ3) is 8.56. The molecule has 11 heteroatoms. The topological polar surface area (TPSA) is 57.5 Å². The van der Waals surface area contributed by atoms with Crippen LogP contribution in [0.15, 0.2) is 57.5 Å². The monoisotopic (exact) mass is 574 g/mol. The second kappa shape index (κ2) is 13.1. The number of benzene rings is 2. The van der Waals surface area contributed by atoms with Crippen molar-refractivity contribution in [3.05, 3.63) is 74.2 Å². The van der Waals surface area contributed by atoms with E-state index in [1.54, 1.807) is 11.8 Å². The standard InChI is InChI=1S/C17H15Br2F2O3PS.2Na.2H/c18-14-6-3-12(4-7-14)2-1-9-26-11-13-5-8-15(16(19)10-13)17(20,21)25(22,23)24;;;;/h1-8,10H,9,11H2,(H2,22,23,24);;;;/q;2*+1;2*-1/b2-1+;;;;. The van der Waals surface area contributed by atoms with Crippen molar-refractivity contribution in [1.29, 1.82) is 0 Å². The zero-order valence-corrected chi connectivity index (χ0v) is 24.2. The van der Waals surface area contributed by atoms with E-state index in [0.29, 0.717) is 5.75 Å². The molecule has 0 bridgehead atoms. The average Bonchev–Trinajstić information content (AvgIpc) is 2.55. The van der Waals surface area contributed by atoms with E-state index in [9.17, 15) is 13.3 Å². The summed E-state index contributed by atoms with van der Waals surface area (Å²) in [5.41, 5.74) is -3.07. The van der Waals surface area contributed by atoms with E-state index in [2.05, 4.69) is 31.9 Å². The molecular formula is C17H17Br2F2Na2O3PS. The van der Waals surface area contributed by atoms with Gasteiger partial charge in [-0.1, -0.05) is 68.3 Å². The van der Waals surface area contributed by atoms with Crippen LogP contribution in [0, 0.1) is 0 Å². The molecule has 144 valence electrons. The Labute approximate surface area is 231 Å². The van der Waals surface area contributed by atoms with Crippen LogP contribution < -0.4 is 59.1 Å². The summed E-state index contributed by atoms with van der Waals surface area (Å²) < 4.78 is 39.5. The van der Waals surface area contributed by atoms with Crippen molar-refractivity contribution in [2.24, 2.45) is 0 Å². The van der Waals surface area contributed by atoms with Crippen LogP contribution in [0.3, 0.4) is 0 Å². The molecule has 0 heterocycles. The molecule has 0 aliphatic rings. The van der Waals surface area contributed by atoms with Crippen LogP contribution in [-0.4, -0.2) is 15.5 Å². The summed E-state index contributed by atoms with van der Waals surface area (Å²) in [4.78, 5) is 17.7. The van der Waals surface area contributed by atoms with Crippen LogP contribution in [0.5, 0.6) is 0 Å². The van der Waals surface area contributed by atoms with Gasteiger partial charge in [-0.05, 0) is 29.3 Å². The van der Waals surface area contributed by atoms with Crippen LogP contribution >= 0.6 is 51.2 Å². The molecular weight excluding hydrogens is 559 g/mol. The van der Waals surface area contributed by atoms with Gasteiger partial charge in [0, 0.05) is 26.0 Å². The molecule has 0 unspecified atom stereocenters. The number of hydrogen-bond acceptors (Lipinski definition) is 2. The van der Waals surface area contributed by atoms with E-state index in [1.165, 1.54) is 12.1 Å². The van der Waals surface area contributed by atoms with Crippen molar-refractivity contribution >= 4 is 57.3 Å². The Kier molecular flexibility index (Phi) is 13.8. The van der Waals surface area contributed by atoms with Crippen molar-refractivity contribution < 1.29 is 85.1 Å². The molecule has 0 spiro atoms. The summed E-state index contributed by atoms with van der Waals surface area (Å²) in [6.07, 6.45) is 4.01. The Morgan fingerprint density at radius 1 is 1.11 bits per heavy atom. The molecule has 0 aromatic heterocycles. The van der Waals surface area contributed by atoms with Crippen molar-refractivity contribution in [1.82, 2.24) is 0 Å². The Morgan fingerprint density at radius 3 is 2.25 bits per heavy atom. The van der Waals surface area contributed by atoms with E-state index in [4.69, 9.17) is 9.79 Å². The summed E-state index contributed by atoms with van der Waals surface area (Å²) in [5.74, 6) is 1.33. The first-order valence-corrected chi connectivity index (χ1v) is 11.7. The molecule has 28 heavy (non-hydrogen) atoms. The second-order valence-electron chi connectivity index (χ2n) is 5.37. The summed E-state index contributed by atoms with van der Waals surface area (Å²) in [7, 11) is -5.58. The SMILES string of the molecule is O=P(O)(O)C(F)(F)c1ccc(CSC/C=C/c2ccc(Br)cc2)cc1Br.[H-].[H-].[Na+].[Na+]. The maximum Gasteiger partial charge on any atom is 1.00 e. The number of thioether (sulfide) groups is 1. The predicted molar refractivity (Wildman–Crippen MR) is 112 cm³/mol. The van der Waals surface area contributed by atoms with Gasteiger partial charge >= 0.3 is 72.4 Å². The van der Waals surface area contributed by atoms with Crippen molar-refractivity contribution in [3.8, 4) is 0 Å². The van der Waals surface area contributed by atoms with Gasteiger partial charge in [-0.3, -0.25) is 4.57 Å². The zero-order valence-electron chi connectivity index (χ0n) is 17.3. The van der Waals surface area contributed by atoms with Gasteiger partial charge in [0.1, 0.15) is 0 Å². The maximum absolute atomic E-state index is 13.8. The quantitative estimate of drug-likeness (QED) is 0.289. The fourth-order valence-corrected chi connectivity index (χ4v) is 4.42. The van der Waals surface area contributed by atoms with E-state index >= 15 is 0 Å². The van der Waals surface area contributed by atoms with E-state index in [-0.39, 0.29) is 66.4 Å². The minimum Gasteiger partial charge on any atom is -1.00 e. The molecule has 0 atom stereocenters. The molecule has 3 nitrogen and oxygen atoms in total. The Bertz CT molecular complexity index is 859. The molecule has 0 aliphatic carbocycles. The molecule has 0 radical (unpaired) electrons. The predicted octanol–water partition coefficient (Wildman–Crippen LogP) is 0.618. The second-order valence-corrected chi connectivity index (χ2v) is 9.82. The number of alkyl halides is 2. The van der Waals surface area contributed by atoms with E-state index < -0.39 is 18.8 Å². The van der Waals surface area contributed by atoms with Crippen molar-refractivity contribution in [3.63, 3.8) is 0 Å². The van der Waals surface area contributed by atoms with Crippen LogP contribution in [-0.2, 0) is 16.0 Å². The van der Waals surface area contributed by atoms with Gasteiger partial charge in [-0.2, -0.15) is 20.5 Å². The van der Waals surface area contributed by atoms with E-state index in [1.807, 2.05) is 36.4 Å². The van der Waals surface area contributed by atoms with Crippen LogP contribution in [0.25, 0.3) is 6.08 Å². The molecule has 0 amide bonds. The zero-order chi connectivity index (χ0) is 19.4. The molecule has 2 N–H and O–H groups in total. The Morgan fingerprint density at radius 2 is 1.71 bits per heavy atom. The fraction of sp³-hybridized carbons (Fsp3) is 0.176. The van der Waals surface area contributed by atoms with Gasteiger partial charge < -0.3 is 12.6 Å². The first-order chi connectivity index (χ1) is 12.1. The summed E-state index contributed by atoms with van der Waals surface area (Å²) in [6.45, 7) is 0. The molecule has 0 aliphatic heterocycles. The molecule has 2 rings (SSSR count). The van der Waals surface area contributed by atoms with Gasteiger partial charge in [0.05, 0.1) is 0 Å². The van der Waals surface area contributed by atoms with Gasteiger partial charge in [0.15, 0.2) is 0 Å². The summed E-state index contributed by atoms with van der Waals surface area (Å²) in [6, 6.07) is 11.9. The molecule has 2 aromatic carbocycles. The van der Waals surface area contributed by atoms with Crippen molar-refractivity contribution in [2.75, 3.05) is 5.75 Å². The van der Waals surface area contributed by atoms with Gasteiger partial charge in [-0.15, -0.1) is 0 Å². The Balaban J connectivity index is -0.00000182. The molecule has 0 saturated heterocycles. The molecule has 0 saturated carbocycles. The van der Waals surface area contributed by atoms with Gasteiger partial charge in [0.2, 0.25) is 0 Å². The van der Waals surface area contributed by atoms with Crippen LogP contribution in [0.2, 0.25) is 0 Å². The molecule has 2 aromatic rings. The van der Waals surface area contributed by atoms with Gasteiger partial charge in [-0.25, -0.2) is 0 Å². The first kappa shape index (κ1) is 29.5. The van der Waals surface area contributed by atoms with Crippen LogP contribution in [0.4, 0.5) is 8.78 Å².